The van der Waals surface area contributed by atoms with Crippen LogP contribution in [0.15, 0.2) is 72.8 Å². The van der Waals surface area contributed by atoms with Gasteiger partial charge in [0.15, 0.2) is 22.9 Å². The van der Waals surface area contributed by atoms with Crippen LogP contribution in [0.4, 0.5) is 5.69 Å². The summed E-state index contributed by atoms with van der Waals surface area (Å²) < 4.78 is 10.6. The molecule has 30 heavy (non-hydrogen) atoms. The third-order valence-corrected chi connectivity index (χ3v) is 5.53. The van der Waals surface area contributed by atoms with Gasteiger partial charge in [0.1, 0.15) is 0 Å². The second-order valence-corrected chi connectivity index (χ2v) is 7.42. The molecule has 2 heterocycles. The fourth-order valence-electron chi connectivity index (χ4n) is 4.00. The van der Waals surface area contributed by atoms with Crippen molar-refractivity contribution in [2.24, 2.45) is 0 Å². The Hall–Kier alpha value is -3.64. The Kier molecular flexibility index (Phi) is 4.29. The third-order valence-electron chi connectivity index (χ3n) is 5.53. The molecule has 0 saturated carbocycles. The quantitative estimate of drug-likeness (QED) is 0.663. The van der Waals surface area contributed by atoms with Crippen LogP contribution in [0.2, 0.25) is 0 Å². The summed E-state index contributed by atoms with van der Waals surface area (Å²) in [5.74, 6) is 0.209. The van der Waals surface area contributed by atoms with Gasteiger partial charge in [0.2, 0.25) is 6.79 Å². The molecule has 0 aliphatic carbocycles. The number of carbonyl (C=O) groups is 2. The van der Waals surface area contributed by atoms with Crippen molar-refractivity contribution < 1.29 is 24.2 Å². The SMILES string of the molecule is O=C(C[C@]1(O)C(=O)N(Cc2ccccc2)c2ccccc21)c1ccc2c(c1)OCO2. The number of rotatable bonds is 5. The first-order valence-corrected chi connectivity index (χ1v) is 9.67. The molecule has 3 aromatic rings. The van der Waals surface area contributed by atoms with E-state index in [-0.39, 0.29) is 19.0 Å². The van der Waals surface area contributed by atoms with Crippen LogP contribution < -0.4 is 14.4 Å². The van der Waals surface area contributed by atoms with E-state index in [9.17, 15) is 14.7 Å². The summed E-state index contributed by atoms with van der Waals surface area (Å²) in [7, 11) is 0. The number of fused-ring (bicyclic) bond motifs is 2. The van der Waals surface area contributed by atoms with Crippen LogP contribution in [-0.2, 0) is 16.9 Å². The zero-order valence-corrected chi connectivity index (χ0v) is 16.1. The van der Waals surface area contributed by atoms with Gasteiger partial charge in [0.25, 0.3) is 5.91 Å². The van der Waals surface area contributed by atoms with E-state index in [1.54, 1.807) is 36.4 Å². The lowest BCUT2D eigenvalue weighted by atomic mass is 9.88. The molecule has 3 aromatic carbocycles. The van der Waals surface area contributed by atoms with Crippen LogP contribution in [0.5, 0.6) is 11.5 Å². The van der Waals surface area contributed by atoms with Gasteiger partial charge in [-0.05, 0) is 29.8 Å². The van der Waals surface area contributed by atoms with E-state index < -0.39 is 11.5 Å². The molecule has 2 aliphatic rings. The van der Waals surface area contributed by atoms with Crippen LogP contribution in [0.25, 0.3) is 0 Å². The van der Waals surface area contributed by atoms with Crippen molar-refractivity contribution in [1.29, 1.82) is 0 Å². The van der Waals surface area contributed by atoms with Crippen LogP contribution in [0.3, 0.4) is 0 Å². The van der Waals surface area contributed by atoms with Crippen molar-refractivity contribution in [3.8, 4) is 11.5 Å². The molecule has 5 rings (SSSR count). The lowest BCUT2D eigenvalue weighted by Gasteiger charge is -2.23. The highest BCUT2D eigenvalue weighted by Gasteiger charge is 2.50. The molecule has 0 bridgehead atoms. The molecule has 6 nitrogen and oxygen atoms in total. The van der Waals surface area contributed by atoms with Gasteiger partial charge in [-0.1, -0.05) is 48.5 Å². The summed E-state index contributed by atoms with van der Waals surface area (Å²) in [6.45, 7) is 0.425. The Morgan fingerprint density at radius 3 is 2.53 bits per heavy atom. The summed E-state index contributed by atoms with van der Waals surface area (Å²) in [4.78, 5) is 27.9. The Morgan fingerprint density at radius 1 is 0.967 bits per heavy atom. The first-order chi connectivity index (χ1) is 14.6. The van der Waals surface area contributed by atoms with E-state index in [1.807, 2.05) is 36.4 Å². The number of anilines is 1. The van der Waals surface area contributed by atoms with Crippen molar-refractivity contribution in [2.75, 3.05) is 11.7 Å². The van der Waals surface area contributed by atoms with Gasteiger partial charge in [0, 0.05) is 11.1 Å². The summed E-state index contributed by atoms with van der Waals surface area (Å²) in [6, 6.07) is 21.5. The number of benzene rings is 3. The molecule has 0 spiro atoms. The molecule has 0 saturated heterocycles. The van der Waals surface area contributed by atoms with Crippen molar-refractivity contribution in [3.63, 3.8) is 0 Å². The first-order valence-electron chi connectivity index (χ1n) is 9.67. The van der Waals surface area contributed by atoms with Crippen molar-refractivity contribution in [2.45, 2.75) is 18.6 Å². The highest BCUT2D eigenvalue weighted by atomic mass is 16.7. The number of aliphatic hydroxyl groups is 1. The molecule has 6 heteroatoms. The van der Waals surface area contributed by atoms with Gasteiger partial charge in [-0.15, -0.1) is 0 Å². The molecule has 150 valence electrons. The Labute approximate surface area is 173 Å². The minimum atomic E-state index is -1.92. The maximum atomic E-state index is 13.3. The zero-order valence-electron chi connectivity index (χ0n) is 16.1. The number of Topliss-reactive ketones (excluding diaryl/α,β-unsaturated/α-hetero) is 1. The largest absolute Gasteiger partial charge is 0.454 e. The summed E-state index contributed by atoms with van der Waals surface area (Å²) in [5.41, 5.74) is 0.442. The second kappa shape index (κ2) is 7.00. The van der Waals surface area contributed by atoms with Gasteiger partial charge < -0.3 is 19.5 Å². The van der Waals surface area contributed by atoms with E-state index in [1.165, 1.54) is 4.90 Å². The monoisotopic (exact) mass is 401 g/mol. The minimum Gasteiger partial charge on any atom is -0.454 e. The standard InChI is InChI=1S/C24H19NO5/c26-20(17-10-11-21-22(12-17)30-15-29-21)13-24(28)18-8-4-5-9-19(18)25(23(24)27)14-16-6-2-1-3-7-16/h1-12,28H,13-15H2/t24-/m1/s1. The first kappa shape index (κ1) is 18.4. The lowest BCUT2D eigenvalue weighted by molar-refractivity contribution is -0.136. The van der Waals surface area contributed by atoms with Crippen LogP contribution in [0.1, 0.15) is 27.9 Å². The summed E-state index contributed by atoms with van der Waals surface area (Å²) in [5, 5.41) is 11.4. The number of nitrogens with zero attached hydrogens (tertiary/aromatic N) is 1. The molecule has 1 amide bonds. The molecule has 0 aromatic heterocycles. The van der Waals surface area contributed by atoms with Crippen LogP contribution >= 0.6 is 0 Å². The number of hydrogen-bond donors (Lipinski definition) is 1. The number of amides is 1. The number of ether oxygens (including phenoxy) is 2. The highest BCUT2D eigenvalue weighted by molar-refractivity contribution is 6.10. The molecule has 1 atom stereocenters. The summed E-state index contributed by atoms with van der Waals surface area (Å²) in [6.07, 6.45) is -0.353. The van der Waals surface area contributed by atoms with Crippen LogP contribution in [0, 0.1) is 0 Å². The Morgan fingerprint density at radius 2 is 1.70 bits per heavy atom. The maximum absolute atomic E-state index is 13.3. The fourth-order valence-corrected chi connectivity index (χ4v) is 4.00. The minimum absolute atomic E-state index is 0.108. The average Bonchev–Trinajstić information content (AvgIpc) is 3.32. The number of para-hydroxylation sites is 1. The molecular weight excluding hydrogens is 382 g/mol. The number of ketones is 1. The van der Waals surface area contributed by atoms with Crippen molar-refractivity contribution in [3.05, 3.63) is 89.5 Å². The molecule has 0 radical (unpaired) electrons. The maximum Gasteiger partial charge on any atom is 0.264 e. The molecule has 2 aliphatic heterocycles. The van der Waals surface area contributed by atoms with E-state index in [4.69, 9.17) is 9.47 Å². The van der Waals surface area contributed by atoms with Gasteiger partial charge in [-0.3, -0.25) is 9.59 Å². The van der Waals surface area contributed by atoms with E-state index in [0.29, 0.717) is 34.9 Å². The van der Waals surface area contributed by atoms with E-state index in [0.717, 1.165) is 5.56 Å². The van der Waals surface area contributed by atoms with Gasteiger partial charge >= 0.3 is 0 Å². The normalized spacial score (nSPS) is 19.1. The van der Waals surface area contributed by atoms with Crippen LogP contribution in [-0.4, -0.2) is 23.6 Å². The topological polar surface area (TPSA) is 76.1 Å². The Bertz CT molecular complexity index is 1140. The van der Waals surface area contributed by atoms with E-state index >= 15 is 0 Å². The zero-order chi connectivity index (χ0) is 20.7. The summed E-state index contributed by atoms with van der Waals surface area (Å²) >= 11 is 0. The smallest absolute Gasteiger partial charge is 0.264 e. The van der Waals surface area contributed by atoms with Gasteiger partial charge in [-0.2, -0.15) is 0 Å². The predicted molar refractivity (Wildman–Crippen MR) is 109 cm³/mol. The Balaban J connectivity index is 1.46. The van der Waals surface area contributed by atoms with Gasteiger partial charge in [-0.25, -0.2) is 0 Å². The molecule has 0 unspecified atom stereocenters. The molecular formula is C24H19NO5. The van der Waals surface area contributed by atoms with Gasteiger partial charge in [0.05, 0.1) is 18.7 Å². The lowest BCUT2D eigenvalue weighted by Crippen LogP contribution is -2.41. The average molecular weight is 401 g/mol. The highest BCUT2D eigenvalue weighted by Crippen LogP contribution is 2.44. The van der Waals surface area contributed by atoms with Crippen molar-refractivity contribution >= 4 is 17.4 Å². The molecule has 1 N–H and O–H groups in total. The van der Waals surface area contributed by atoms with Crippen molar-refractivity contribution in [1.82, 2.24) is 0 Å². The third kappa shape index (κ3) is 2.93. The van der Waals surface area contributed by atoms with E-state index in [2.05, 4.69) is 0 Å². The number of carbonyl (C=O) groups excluding carboxylic acids is 2. The molecule has 0 fully saturated rings. The second-order valence-electron chi connectivity index (χ2n) is 7.42. The number of hydrogen-bond acceptors (Lipinski definition) is 5. The fraction of sp³-hybridized carbons (Fsp3) is 0.167. The predicted octanol–water partition coefficient (Wildman–Crippen LogP) is 3.42.